The number of aromatic carboxylic acids is 1. The van der Waals surface area contributed by atoms with E-state index in [0.717, 1.165) is 0 Å². The molecule has 0 aliphatic rings. The average Bonchev–Trinajstić information content (AvgIpc) is 2.43. The Morgan fingerprint density at radius 2 is 2.24 bits per heavy atom. The number of anilines is 1. The van der Waals surface area contributed by atoms with Crippen LogP contribution in [-0.4, -0.2) is 48.8 Å². The Morgan fingerprint density at radius 3 is 2.76 bits per heavy atom. The van der Waals surface area contributed by atoms with Gasteiger partial charge in [-0.25, -0.2) is 9.59 Å². The molecule has 0 saturated carbocycles. The summed E-state index contributed by atoms with van der Waals surface area (Å²) >= 11 is 5.85. The van der Waals surface area contributed by atoms with Gasteiger partial charge in [0, 0.05) is 25.9 Å². The number of benzene rings is 1. The van der Waals surface area contributed by atoms with E-state index in [1.165, 1.54) is 23.1 Å². The minimum atomic E-state index is -1.12. The zero-order valence-corrected chi connectivity index (χ0v) is 12.4. The second kappa shape index (κ2) is 8.28. The fraction of sp³-hybridized carbons (Fsp3) is 0.286. The first-order chi connectivity index (χ1) is 9.99. The summed E-state index contributed by atoms with van der Waals surface area (Å²) in [5.41, 5.74) is 0.401. The summed E-state index contributed by atoms with van der Waals surface area (Å²) < 4.78 is 4.94. The van der Waals surface area contributed by atoms with Crippen LogP contribution in [0.15, 0.2) is 30.9 Å². The van der Waals surface area contributed by atoms with Gasteiger partial charge in [0.2, 0.25) is 0 Å². The molecule has 6 nitrogen and oxygen atoms in total. The molecule has 0 bridgehead atoms. The third-order valence-corrected chi connectivity index (χ3v) is 2.97. The molecule has 0 aromatic heterocycles. The number of carboxylic acid groups (broad SMARTS) is 1. The van der Waals surface area contributed by atoms with Crippen LogP contribution in [0.4, 0.5) is 10.5 Å². The maximum Gasteiger partial charge on any atom is 0.337 e. The molecule has 2 N–H and O–H groups in total. The Kier molecular flexibility index (Phi) is 6.71. The van der Waals surface area contributed by atoms with E-state index in [2.05, 4.69) is 11.9 Å². The van der Waals surface area contributed by atoms with Gasteiger partial charge in [0.1, 0.15) is 0 Å². The summed E-state index contributed by atoms with van der Waals surface area (Å²) in [5, 5.41) is 11.6. The minimum absolute atomic E-state index is 0.0167. The van der Waals surface area contributed by atoms with Crippen LogP contribution >= 0.6 is 11.6 Å². The van der Waals surface area contributed by atoms with Gasteiger partial charge >= 0.3 is 12.0 Å². The first kappa shape index (κ1) is 17.0. The number of hydrogen-bond acceptors (Lipinski definition) is 3. The normalized spacial score (nSPS) is 10.0. The van der Waals surface area contributed by atoms with Crippen LogP contribution < -0.4 is 5.32 Å². The highest BCUT2D eigenvalue weighted by atomic mass is 35.5. The number of urea groups is 1. The number of carbonyl (C=O) groups is 2. The molecular weight excluding hydrogens is 296 g/mol. The minimum Gasteiger partial charge on any atom is -0.478 e. The number of nitrogens with one attached hydrogen (secondary N) is 1. The lowest BCUT2D eigenvalue weighted by atomic mass is 10.2. The van der Waals surface area contributed by atoms with Gasteiger partial charge in [-0.3, -0.25) is 0 Å². The Balaban J connectivity index is 2.78. The monoisotopic (exact) mass is 312 g/mol. The summed E-state index contributed by atoms with van der Waals surface area (Å²) in [6.45, 7) is 4.78. The Hall–Kier alpha value is -2.05. The van der Waals surface area contributed by atoms with Crippen LogP contribution in [0.25, 0.3) is 0 Å². The number of ether oxygens (including phenoxy) is 1. The molecule has 7 heteroatoms. The van der Waals surface area contributed by atoms with Crippen LogP contribution in [0.3, 0.4) is 0 Å². The Morgan fingerprint density at radius 1 is 1.52 bits per heavy atom. The van der Waals surface area contributed by atoms with E-state index in [0.29, 0.717) is 25.4 Å². The lowest BCUT2D eigenvalue weighted by Gasteiger charge is -2.21. The van der Waals surface area contributed by atoms with Gasteiger partial charge in [0.05, 0.1) is 17.2 Å². The van der Waals surface area contributed by atoms with Crippen LogP contribution in [0.5, 0.6) is 0 Å². The topological polar surface area (TPSA) is 78.9 Å². The van der Waals surface area contributed by atoms with Crippen LogP contribution in [0, 0.1) is 0 Å². The molecule has 2 amide bonds. The van der Waals surface area contributed by atoms with E-state index in [1.807, 2.05) is 0 Å². The van der Waals surface area contributed by atoms with Crippen molar-refractivity contribution in [3.8, 4) is 0 Å². The summed E-state index contributed by atoms with van der Waals surface area (Å²) in [7, 11) is 1.55. The van der Waals surface area contributed by atoms with Crippen molar-refractivity contribution in [3.63, 3.8) is 0 Å². The maximum absolute atomic E-state index is 12.1. The fourth-order valence-corrected chi connectivity index (χ4v) is 1.86. The van der Waals surface area contributed by atoms with Gasteiger partial charge in [-0.2, -0.15) is 0 Å². The smallest absolute Gasteiger partial charge is 0.337 e. The quantitative estimate of drug-likeness (QED) is 0.759. The molecule has 0 heterocycles. The lowest BCUT2D eigenvalue weighted by Crippen LogP contribution is -2.37. The molecule has 1 aromatic rings. The van der Waals surface area contributed by atoms with E-state index in [4.69, 9.17) is 21.4 Å². The number of hydrogen-bond donors (Lipinski definition) is 2. The predicted octanol–water partition coefficient (Wildman–Crippen LogP) is 2.70. The average molecular weight is 313 g/mol. The van der Waals surface area contributed by atoms with Gasteiger partial charge < -0.3 is 20.1 Å². The number of methoxy groups -OCH3 is 1. The SMILES string of the molecule is C=CCN(CCOC)C(=O)Nc1ccc(C(=O)O)c(Cl)c1. The predicted molar refractivity (Wildman–Crippen MR) is 81.1 cm³/mol. The van der Waals surface area contributed by atoms with Crippen LogP contribution in [-0.2, 0) is 4.74 Å². The van der Waals surface area contributed by atoms with Crippen molar-refractivity contribution in [3.05, 3.63) is 41.4 Å². The molecule has 1 aromatic carbocycles. The Bertz CT molecular complexity index is 534. The number of nitrogens with zero attached hydrogens (tertiary/aromatic N) is 1. The molecule has 0 saturated heterocycles. The van der Waals surface area contributed by atoms with Crippen LogP contribution in [0.2, 0.25) is 5.02 Å². The van der Waals surface area contributed by atoms with Gasteiger partial charge in [0.25, 0.3) is 0 Å². The molecule has 0 atom stereocenters. The first-order valence-electron chi connectivity index (χ1n) is 6.18. The second-order valence-electron chi connectivity index (χ2n) is 4.16. The van der Waals surface area contributed by atoms with Crippen molar-refractivity contribution in [1.82, 2.24) is 4.90 Å². The summed E-state index contributed by atoms with van der Waals surface area (Å²) in [6.07, 6.45) is 1.61. The molecule has 0 spiro atoms. The van der Waals surface area contributed by atoms with Crippen molar-refractivity contribution in [2.75, 3.05) is 32.1 Å². The van der Waals surface area contributed by atoms with Gasteiger partial charge in [0.15, 0.2) is 0 Å². The van der Waals surface area contributed by atoms with E-state index in [-0.39, 0.29) is 16.6 Å². The van der Waals surface area contributed by atoms with E-state index in [9.17, 15) is 9.59 Å². The van der Waals surface area contributed by atoms with E-state index < -0.39 is 5.97 Å². The molecule has 0 unspecified atom stereocenters. The maximum atomic E-state index is 12.1. The second-order valence-corrected chi connectivity index (χ2v) is 4.56. The fourth-order valence-electron chi connectivity index (χ4n) is 1.60. The highest BCUT2D eigenvalue weighted by molar-refractivity contribution is 6.33. The summed E-state index contributed by atoms with van der Waals surface area (Å²) in [5.74, 6) is -1.12. The molecule has 0 aliphatic heterocycles. The van der Waals surface area contributed by atoms with Crippen molar-refractivity contribution in [2.24, 2.45) is 0 Å². The zero-order chi connectivity index (χ0) is 15.8. The first-order valence-corrected chi connectivity index (χ1v) is 6.56. The molecule has 1 rings (SSSR count). The van der Waals surface area contributed by atoms with Gasteiger partial charge in [-0.15, -0.1) is 6.58 Å². The number of carboxylic acids is 1. The van der Waals surface area contributed by atoms with E-state index >= 15 is 0 Å². The molecule has 114 valence electrons. The van der Waals surface area contributed by atoms with Gasteiger partial charge in [-0.05, 0) is 18.2 Å². The summed E-state index contributed by atoms with van der Waals surface area (Å²) in [6, 6.07) is 3.87. The van der Waals surface area contributed by atoms with Crippen molar-refractivity contribution < 1.29 is 19.4 Å². The summed E-state index contributed by atoms with van der Waals surface area (Å²) in [4.78, 5) is 24.5. The molecule has 0 radical (unpaired) electrons. The van der Waals surface area contributed by atoms with Crippen molar-refractivity contribution in [1.29, 1.82) is 0 Å². The number of rotatable bonds is 7. The number of halogens is 1. The van der Waals surface area contributed by atoms with Crippen LogP contribution in [0.1, 0.15) is 10.4 Å². The standard InChI is InChI=1S/C14H17ClN2O4/c1-3-6-17(7-8-21-2)14(20)16-10-4-5-11(13(18)19)12(15)9-10/h3-5,9H,1,6-8H2,2H3,(H,16,20)(H,18,19). The molecule has 0 fully saturated rings. The van der Waals surface area contributed by atoms with E-state index in [1.54, 1.807) is 13.2 Å². The van der Waals surface area contributed by atoms with Gasteiger partial charge in [-0.1, -0.05) is 17.7 Å². The zero-order valence-electron chi connectivity index (χ0n) is 11.6. The third-order valence-electron chi connectivity index (χ3n) is 2.65. The van der Waals surface area contributed by atoms with Crippen molar-refractivity contribution >= 4 is 29.3 Å². The molecular formula is C14H17ClN2O4. The number of carbonyl (C=O) groups excluding carboxylic acids is 1. The largest absolute Gasteiger partial charge is 0.478 e. The highest BCUT2D eigenvalue weighted by Crippen LogP contribution is 2.21. The number of amides is 2. The molecule has 21 heavy (non-hydrogen) atoms. The third kappa shape index (κ3) is 5.09. The molecule has 0 aliphatic carbocycles. The van der Waals surface area contributed by atoms with Crippen molar-refractivity contribution in [2.45, 2.75) is 0 Å². The lowest BCUT2D eigenvalue weighted by molar-refractivity contribution is 0.0697. The Labute approximate surface area is 128 Å². The highest BCUT2D eigenvalue weighted by Gasteiger charge is 2.14.